The zero-order chi connectivity index (χ0) is 28.0. The molecule has 4 rings (SSSR count). The zero-order valence-electron chi connectivity index (χ0n) is 22.1. The summed E-state index contributed by atoms with van der Waals surface area (Å²) in [4.78, 5) is 12.1. The Morgan fingerprint density at radius 3 is 2.47 bits per heavy atom. The van der Waals surface area contributed by atoms with Crippen LogP contribution in [0.4, 0.5) is 0 Å². The third kappa shape index (κ3) is 5.24. The van der Waals surface area contributed by atoms with Gasteiger partial charge >= 0.3 is 5.97 Å². The smallest absolute Gasteiger partial charge is 0.334 e. The number of hydrogen-bond acceptors (Lipinski definition) is 11. The number of ether oxygens (including phenoxy) is 5. The topological polar surface area (TPSA) is 164 Å². The van der Waals surface area contributed by atoms with E-state index in [1.54, 1.807) is 13.8 Å². The van der Waals surface area contributed by atoms with Crippen molar-refractivity contribution in [3.8, 4) is 0 Å². The van der Waals surface area contributed by atoms with E-state index in [0.29, 0.717) is 24.0 Å². The number of hydrogen-bond donors (Lipinski definition) is 5. The van der Waals surface area contributed by atoms with Crippen LogP contribution in [0.25, 0.3) is 0 Å². The van der Waals surface area contributed by atoms with Gasteiger partial charge in [-0.3, -0.25) is 0 Å². The van der Waals surface area contributed by atoms with E-state index in [0.717, 1.165) is 5.57 Å². The second kappa shape index (κ2) is 11.1. The third-order valence-electron chi connectivity index (χ3n) is 8.67. The number of allylic oxidation sites excluding steroid dienone is 1. The highest BCUT2D eigenvalue weighted by atomic mass is 16.7. The second-order valence-corrected chi connectivity index (χ2v) is 11.5. The number of esters is 1. The van der Waals surface area contributed by atoms with Gasteiger partial charge in [0.05, 0.1) is 26.4 Å². The molecule has 38 heavy (non-hydrogen) atoms. The largest absolute Gasteiger partial charge is 0.454 e. The van der Waals surface area contributed by atoms with Crippen molar-refractivity contribution in [1.29, 1.82) is 0 Å². The normalized spacial score (nSPS) is 45.2. The average molecular weight is 541 g/mol. The molecule has 0 aromatic rings. The molecule has 3 aliphatic heterocycles. The summed E-state index contributed by atoms with van der Waals surface area (Å²) in [6, 6.07) is 0. The number of carbonyl (C=O) groups is 1. The fourth-order valence-electron chi connectivity index (χ4n) is 5.67. The van der Waals surface area contributed by atoms with E-state index in [4.69, 9.17) is 23.7 Å². The molecule has 11 heteroatoms. The van der Waals surface area contributed by atoms with Gasteiger partial charge in [-0.25, -0.2) is 4.79 Å². The van der Waals surface area contributed by atoms with Crippen molar-refractivity contribution in [2.45, 2.75) is 82.8 Å². The molecular weight excluding hydrogens is 500 g/mol. The number of aliphatic hydroxyl groups excluding tert-OH is 5. The first kappa shape index (κ1) is 29.3. The molecule has 11 atom stereocenters. The van der Waals surface area contributed by atoms with E-state index in [9.17, 15) is 30.3 Å². The van der Waals surface area contributed by atoms with E-state index < -0.39 is 53.9 Å². The van der Waals surface area contributed by atoms with Gasteiger partial charge in [0.25, 0.3) is 0 Å². The molecule has 0 amide bonds. The zero-order valence-corrected chi connectivity index (χ0v) is 22.1. The second-order valence-electron chi connectivity index (χ2n) is 11.5. The summed E-state index contributed by atoms with van der Waals surface area (Å²) >= 11 is 0. The molecule has 0 aromatic carbocycles. The molecule has 4 aliphatic rings. The summed E-state index contributed by atoms with van der Waals surface area (Å²) in [5.41, 5.74) is 0.952. The molecule has 3 fully saturated rings. The van der Waals surface area contributed by atoms with Crippen LogP contribution in [0.5, 0.6) is 0 Å². The van der Waals surface area contributed by atoms with Crippen molar-refractivity contribution < 1.29 is 54.0 Å². The summed E-state index contributed by atoms with van der Waals surface area (Å²) in [5.74, 6) is -0.428. The minimum Gasteiger partial charge on any atom is -0.454 e. The Balaban J connectivity index is 1.38. The van der Waals surface area contributed by atoms with Crippen molar-refractivity contribution in [2.24, 2.45) is 16.7 Å². The van der Waals surface area contributed by atoms with Crippen LogP contribution in [0.2, 0.25) is 0 Å². The van der Waals surface area contributed by atoms with E-state index in [1.807, 2.05) is 13.0 Å². The molecule has 3 heterocycles. The van der Waals surface area contributed by atoms with Crippen LogP contribution in [0, 0.1) is 16.7 Å². The van der Waals surface area contributed by atoms with Crippen LogP contribution >= 0.6 is 0 Å². The van der Waals surface area contributed by atoms with Gasteiger partial charge < -0.3 is 49.2 Å². The van der Waals surface area contributed by atoms with Crippen LogP contribution in [0.3, 0.4) is 0 Å². The first-order chi connectivity index (χ1) is 17.8. The Morgan fingerprint density at radius 1 is 1.13 bits per heavy atom. The predicted molar refractivity (Wildman–Crippen MR) is 132 cm³/mol. The Bertz CT molecular complexity index is 965. The SMILES string of the molecule is C=CC1(C)CC2OC(=O)C(C)=C2CC1C(=C)COC1OC(COC2OCC(C)(CO)C2O)C(O)C(O)C1O. The van der Waals surface area contributed by atoms with E-state index in [1.165, 1.54) is 0 Å². The van der Waals surface area contributed by atoms with Crippen molar-refractivity contribution in [3.05, 3.63) is 36.0 Å². The van der Waals surface area contributed by atoms with Gasteiger partial charge in [-0.1, -0.05) is 26.5 Å². The van der Waals surface area contributed by atoms with Crippen molar-refractivity contribution >= 4 is 5.97 Å². The highest BCUT2D eigenvalue weighted by molar-refractivity contribution is 5.91. The fraction of sp³-hybridized carbons (Fsp3) is 0.741. The number of aliphatic hydroxyl groups is 5. The van der Waals surface area contributed by atoms with Gasteiger partial charge in [-0.2, -0.15) is 0 Å². The monoisotopic (exact) mass is 540 g/mol. The maximum Gasteiger partial charge on any atom is 0.334 e. The molecule has 214 valence electrons. The summed E-state index contributed by atoms with van der Waals surface area (Å²) in [5, 5.41) is 51.3. The lowest BCUT2D eigenvalue weighted by Gasteiger charge is -2.44. The first-order valence-electron chi connectivity index (χ1n) is 12.9. The summed E-state index contributed by atoms with van der Waals surface area (Å²) in [6.45, 7) is 13.1. The average Bonchev–Trinajstić information content (AvgIpc) is 3.34. The molecule has 0 radical (unpaired) electrons. The van der Waals surface area contributed by atoms with Crippen molar-refractivity contribution in [1.82, 2.24) is 0 Å². The first-order valence-corrected chi connectivity index (χ1v) is 12.9. The minimum absolute atomic E-state index is 0.0165. The van der Waals surface area contributed by atoms with Gasteiger partial charge in [0.15, 0.2) is 12.6 Å². The van der Waals surface area contributed by atoms with Crippen molar-refractivity contribution in [3.63, 3.8) is 0 Å². The number of fused-ring (bicyclic) bond motifs is 1. The Morgan fingerprint density at radius 2 is 1.84 bits per heavy atom. The van der Waals surface area contributed by atoms with Gasteiger partial charge in [0, 0.05) is 11.0 Å². The number of rotatable bonds is 9. The molecule has 1 aliphatic carbocycles. The molecule has 5 N–H and O–H groups in total. The third-order valence-corrected chi connectivity index (χ3v) is 8.67. The molecule has 1 saturated carbocycles. The molecular formula is C27H40O11. The lowest BCUT2D eigenvalue weighted by atomic mass is 9.62. The van der Waals surface area contributed by atoms with Gasteiger partial charge in [0.1, 0.15) is 36.6 Å². The van der Waals surface area contributed by atoms with Crippen molar-refractivity contribution in [2.75, 3.05) is 26.4 Å². The molecule has 0 bridgehead atoms. The lowest BCUT2D eigenvalue weighted by Crippen LogP contribution is -2.59. The Kier molecular flexibility index (Phi) is 8.54. The van der Waals surface area contributed by atoms with Crippen LogP contribution in [0.1, 0.15) is 33.6 Å². The quantitative estimate of drug-likeness (QED) is 0.197. The Hall–Kier alpha value is -1.67. The fourth-order valence-corrected chi connectivity index (χ4v) is 5.67. The standard InChI is InChI=1S/C27H40O11/c1-6-26(4)8-17-15(14(3)23(33)37-17)7-16(26)13(2)9-34-24-21(31)20(30)19(29)18(38-24)10-35-25-22(32)27(5,11-28)12-36-25/h6,16-22,24-25,28-32H,1-2,7-12H2,3-5H3. The minimum atomic E-state index is -1.57. The van der Waals surface area contributed by atoms with Gasteiger partial charge in [-0.05, 0) is 42.2 Å². The molecule has 0 spiro atoms. The highest BCUT2D eigenvalue weighted by Gasteiger charge is 2.50. The predicted octanol–water partition coefficient (Wildman–Crippen LogP) is -0.0566. The summed E-state index contributed by atoms with van der Waals surface area (Å²) in [7, 11) is 0. The van der Waals surface area contributed by atoms with E-state index in [2.05, 4.69) is 13.2 Å². The van der Waals surface area contributed by atoms with Gasteiger partial charge in [0.2, 0.25) is 0 Å². The van der Waals surface area contributed by atoms with Crippen LogP contribution in [-0.4, -0.2) is 107 Å². The Labute approximate surface area is 222 Å². The lowest BCUT2D eigenvalue weighted by molar-refractivity contribution is -0.308. The molecule has 0 aromatic heterocycles. The van der Waals surface area contributed by atoms with Crippen LogP contribution < -0.4 is 0 Å². The number of carbonyl (C=O) groups excluding carboxylic acids is 1. The summed E-state index contributed by atoms with van der Waals surface area (Å²) in [6.07, 6.45) is -6.46. The molecule has 11 unspecified atom stereocenters. The maximum atomic E-state index is 12.1. The maximum absolute atomic E-state index is 12.1. The van der Waals surface area contributed by atoms with E-state index in [-0.39, 0.29) is 44.4 Å². The van der Waals surface area contributed by atoms with Gasteiger partial charge in [-0.15, -0.1) is 6.58 Å². The van der Waals surface area contributed by atoms with Crippen LogP contribution in [-0.2, 0) is 28.5 Å². The highest BCUT2D eigenvalue weighted by Crippen LogP contribution is 2.50. The van der Waals surface area contributed by atoms with Crippen LogP contribution in [0.15, 0.2) is 36.0 Å². The molecule has 2 saturated heterocycles. The molecule has 11 nitrogen and oxygen atoms in total. The van der Waals surface area contributed by atoms with E-state index >= 15 is 0 Å². The summed E-state index contributed by atoms with van der Waals surface area (Å²) < 4.78 is 28.1.